The Bertz CT molecular complexity index is 829. The molecule has 2 fully saturated rings. The number of aliphatic hydroxyl groups is 5. The molecule has 8 unspecified atom stereocenters. The van der Waals surface area contributed by atoms with Crippen molar-refractivity contribution in [2.24, 2.45) is 28.6 Å². The van der Waals surface area contributed by atoms with E-state index in [1.165, 1.54) is 6.08 Å². The first-order valence-corrected chi connectivity index (χ1v) is 12.8. The first-order chi connectivity index (χ1) is 15.6. The number of allylic oxidation sites excluding steroid dienone is 1. The molecular weight excluding hydrogens is 436 g/mol. The second-order valence-corrected chi connectivity index (χ2v) is 12.3. The van der Waals surface area contributed by atoms with Crippen molar-refractivity contribution in [2.75, 3.05) is 6.61 Å². The third kappa shape index (κ3) is 4.43. The van der Waals surface area contributed by atoms with Crippen LogP contribution in [0.5, 0.6) is 0 Å². The maximum absolute atomic E-state index is 13.8. The molecule has 0 aromatic rings. The Morgan fingerprint density at radius 2 is 1.79 bits per heavy atom. The molecule has 7 nitrogen and oxygen atoms in total. The molecule has 0 saturated heterocycles. The van der Waals surface area contributed by atoms with Gasteiger partial charge in [0.15, 0.2) is 11.6 Å². The fourth-order valence-electron chi connectivity index (χ4n) is 7.19. The van der Waals surface area contributed by atoms with E-state index in [-0.39, 0.29) is 43.0 Å². The Balaban J connectivity index is 1.89. The van der Waals surface area contributed by atoms with Gasteiger partial charge in [-0.15, -0.1) is 0 Å². The van der Waals surface area contributed by atoms with Gasteiger partial charge < -0.3 is 25.5 Å². The first-order valence-electron chi connectivity index (χ1n) is 12.8. The van der Waals surface area contributed by atoms with Gasteiger partial charge in [0.25, 0.3) is 0 Å². The lowest BCUT2D eigenvalue weighted by atomic mass is 9.53. The fourth-order valence-corrected chi connectivity index (χ4v) is 7.19. The summed E-state index contributed by atoms with van der Waals surface area (Å²) in [5, 5.41) is 51.6. The van der Waals surface area contributed by atoms with Gasteiger partial charge >= 0.3 is 0 Å². The topological polar surface area (TPSA) is 135 Å². The normalized spacial score (nSPS) is 40.6. The summed E-state index contributed by atoms with van der Waals surface area (Å²) < 4.78 is 0. The SMILES string of the molecule is CC(CCC(O)C(C)(C)O)C1CCC(C2=CC(=O)C3(O)CC(O)CCC3(C)C2=O)C1(C)CCO. The number of carbonyl (C=O) groups is 2. The van der Waals surface area contributed by atoms with Crippen LogP contribution in [0.1, 0.15) is 86.0 Å². The summed E-state index contributed by atoms with van der Waals surface area (Å²) in [5.41, 5.74) is -4.28. The van der Waals surface area contributed by atoms with Crippen LogP contribution in [0.3, 0.4) is 0 Å². The minimum Gasteiger partial charge on any atom is -0.396 e. The molecular formula is C27H44O7. The number of fused-ring (bicyclic) bond motifs is 1. The molecule has 34 heavy (non-hydrogen) atoms. The maximum Gasteiger partial charge on any atom is 0.188 e. The zero-order valence-corrected chi connectivity index (χ0v) is 21.4. The van der Waals surface area contributed by atoms with E-state index in [2.05, 4.69) is 13.8 Å². The molecule has 0 radical (unpaired) electrons. The lowest BCUT2D eigenvalue weighted by Crippen LogP contribution is -2.63. The van der Waals surface area contributed by atoms with Crippen LogP contribution in [0.25, 0.3) is 0 Å². The monoisotopic (exact) mass is 480 g/mol. The van der Waals surface area contributed by atoms with Crippen LogP contribution in [0.4, 0.5) is 0 Å². The Morgan fingerprint density at radius 3 is 2.38 bits per heavy atom. The predicted molar refractivity (Wildman–Crippen MR) is 128 cm³/mol. The van der Waals surface area contributed by atoms with Crippen LogP contribution in [0.15, 0.2) is 11.6 Å². The molecule has 8 atom stereocenters. The molecule has 0 bridgehead atoms. The van der Waals surface area contributed by atoms with E-state index < -0.39 is 40.0 Å². The average Bonchev–Trinajstić information content (AvgIpc) is 3.07. The molecule has 0 spiro atoms. The third-order valence-corrected chi connectivity index (χ3v) is 9.71. The zero-order chi connectivity index (χ0) is 25.7. The summed E-state index contributed by atoms with van der Waals surface area (Å²) in [4.78, 5) is 27.0. The molecule has 0 heterocycles. The van der Waals surface area contributed by atoms with Crippen LogP contribution < -0.4 is 0 Å². The second-order valence-electron chi connectivity index (χ2n) is 12.3. The highest BCUT2D eigenvalue weighted by molar-refractivity contribution is 6.16. The minimum absolute atomic E-state index is 0.0364. The van der Waals surface area contributed by atoms with Crippen molar-refractivity contribution in [1.82, 2.24) is 0 Å². The van der Waals surface area contributed by atoms with Crippen molar-refractivity contribution in [1.29, 1.82) is 0 Å². The lowest BCUT2D eigenvalue weighted by molar-refractivity contribution is -0.174. The smallest absolute Gasteiger partial charge is 0.188 e. The summed E-state index contributed by atoms with van der Waals surface area (Å²) in [6, 6.07) is 0. The molecule has 5 N–H and O–H groups in total. The number of rotatable bonds is 8. The Morgan fingerprint density at radius 1 is 1.15 bits per heavy atom. The first kappa shape index (κ1) is 27.5. The van der Waals surface area contributed by atoms with Crippen molar-refractivity contribution in [2.45, 2.75) is 109 Å². The number of aliphatic hydroxyl groups excluding tert-OH is 3. The van der Waals surface area contributed by atoms with E-state index in [9.17, 15) is 35.1 Å². The second kappa shape index (κ2) is 9.40. The van der Waals surface area contributed by atoms with Gasteiger partial charge in [0, 0.05) is 18.6 Å². The fraction of sp³-hybridized carbons (Fsp3) is 0.852. The number of hydrogen-bond donors (Lipinski definition) is 5. The van der Waals surface area contributed by atoms with Gasteiger partial charge in [0.05, 0.1) is 23.2 Å². The standard InChI is InChI=1S/C27H44O7/c1-16(6-9-21(30)24(2,3)33)19-7-8-20(25(19,4)12-13-28)18-14-22(31)27(34)15-17(29)10-11-26(27,5)23(18)32/h14,16-17,19-21,28-30,33-34H,6-13,15H2,1-5H3. The third-order valence-electron chi connectivity index (χ3n) is 9.71. The molecule has 3 aliphatic carbocycles. The molecule has 3 rings (SSSR count). The summed E-state index contributed by atoms with van der Waals surface area (Å²) in [7, 11) is 0. The predicted octanol–water partition coefficient (Wildman–Crippen LogP) is 2.31. The van der Waals surface area contributed by atoms with Crippen molar-refractivity contribution < 1.29 is 35.1 Å². The van der Waals surface area contributed by atoms with E-state index in [4.69, 9.17) is 0 Å². The molecule has 3 aliphatic rings. The lowest BCUT2D eigenvalue weighted by Gasteiger charge is -2.51. The van der Waals surface area contributed by atoms with Crippen LogP contribution in [0.2, 0.25) is 0 Å². The van der Waals surface area contributed by atoms with Crippen LogP contribution in [0, 0.1) is 28.6 Å². The van der Waals surface area contributed by atoms with E-state index >= 15 is 0 Å². The van der Waals surface area contributed by atoms with E-state index in [0.717, 1.165) is 6.42 Å². The zero-order valence-electron chi connectivity index (χ0n) is 21.4. The van der Waals surface area contributed by atoms with E-state index in [1.54, 1.807) is 20.8 Å². The van der Waals surface area contributed by atoms with Gasteiger partial charge in [-0.1, -0.05) is 13.8 Å². The molecule has 7 heteroatoms. The van der Waals surface area contributed by atoms with E-state index in [1.807, 2.05) is 0 Å². The van der Waals surface area contributed by atoms with Crippen molar-refractivity contribution in [3.63, 3.8) is 0 Å². The van der Waals surface area contributed by atoms with E-state index in [0.29, 0.717) is 37.7 Å². The van der Waals surface area contributed by atoms with Gasteiger partial charge in [-0.25, -0.2) is 0 Å². The highest BCUT2D eigenvalue weighted by Gasteiger charge is 2.63. The number of carbonyl (C=O) groups excluding carboxylic acids is 2. The summed E-state index contributed by atoms with van der Waals surface area (Å²) in [5.74, 6) is -0.563. The van der Waals surface area contributed by atoms with Crippen molar-refractivity contribution >= 4 is 11.6 Å². The van der Waals surface area contributed by atoms with Gasteiger partial charge in [-0.05, 0) is 95.0 Å². The summed E-state index contributed by atoms with van der Waals surface area (Å²) in [6.07, 6.45) is 3.36. The Hall–Kier alpha value is -1.12. The minimum atomic E-state index is -1.88. The number of Topliss-reactive ketones (excluding diaryl/α,β-unsaturated/α-hetero) is 1. The molecule has 0 aromatic heterocycles. The van der Waals surface area contributed by atoms with Gasteiger partial charge in [-0.3, -0.25) is 9.59 Å². The molecule has 194 valence electrons. The van der Waals surface area contributed by atoms with Crippen LogP contribution in [-0.2, 0) is 9.59 Å². The largest absolute Gasteiger partial charge is 0.396 e. The molecule has 0 aliphatic heterocycles. The average molecular weight is 481 g/mol. The van der Waals surface area contributed by atoms with Gasteiger partial charge in [0.1, 0.15) is 5.60 Å². The van der Waals surface area contributed by atoms with Crippen molar-refractivity contribution in [3.8, 4) is 0 Å². The van der Waals surface area contributed by atoms with Gasteiger partial charge in [0.2, 0.25) is 0 Å². The molecule has 0 amide bonds. The molecule has 2 saturated carbocycles. The van der Waals surface area contributed by atoms with Crippen LogP contribution >= 0.6 is 0 Å². The van der Waals surface area contributed by atoms with Gasteiger partial charge in [-0.2, -0.15) is 0 Å². The van der Waals surface area contributed by atoms with Crippen LogP contribution in [-0.4, -0.2) is 67.1 Å². The summed E-state index contributed by atoms with van der Waals surface area (Å²) in [6.45, 7) is 9.00. The number of hydrogen-bond acceptors (Lipinski definition) is 7. The number of ketones is 2. The highest BCUT2D eigenvalue weighted by atomic mass is 16.3. The quantitative estimate of drug-likeness (QED) is 0.360. The summed E-state index contributed by atoms with van der Waals surface area (Å²) >= 11 is 0. The Labute approximate surface area is 203 Å². The molecule has 0 aromatic carbocycles. The highest BCUT2D eigenvalue weighted by Crippen LogP contribution is 2.59. The maximum atomic E-state index is 13.8. The Kier molecular flexibility index (Phi) is 7.59. The van der Waals surface area contributed by atoms with Crippen molar-refractivity contribution in [3.05, 3.63) is 11.6 Å².